The van der Waals surface area contributed by atoms with Gasteiger partial charge in [0.05, 0.1) is 13.7 Å². The molecule has 2 rings (SSSR count). The lowest BCUT2D eigenvalue weighted by Crippen LogP contribution is -2.52. The van der Waals surface area contributed by atoms with Crippen LogP contribution in [0.4, 0.5) is 0 Å². The van der Waals surface area contributed by atoms with Crippen molar-refractivity contribution >= 4 is 11.8 Å². The van der Waals surface area contributed by atoms with Crippen LogP contribution in [-0.2, 0) is 27.3 Å². The zero-order valence-electron chi connectivity index (χ0n) is 18.3. The summed E-state index contributed by atoms with van der Waals surface area (Å²) >= 11 is 0. The number of carbonyl (C=O) groups excluding carboxylic acids is 2. The Hall–Kier alpha value is -2.86. The molecule has 0 saturated heterocycles. The van der Waals surface area contributed by atoms with E-state index in [1.54, 1.807) is 19.1 Å². The van der Waals surface area contributed by atoms with Gasteiger partial charge in [0, 0.05) is 32.5 Å². The summed E-state index contributed by atoms with van der Waals surface area (Å²) < 4.78 is 10.3. The van der Waals surface area contributed by atoms with Crippen LogP contribution < -0.4 is 10.1 Å². The predicted octanol–water partition coefficient (Wildman–Crippen LogP) is 3.05. The average Bonchev–Trinajstić information content (AvgIpc) is 2.76. The third-order valence-corrected chi connectivity index (χ3v) is 4.85. The third-order valence-electron chi connectivity index (χ3n) is 4.85. The van der Waals surface area contributed by atoms with Crippen molar-refractivity contribution in [1.29, 1.82) is 0 Å². The normalized spacial score (nSPS) is 11.8. The Bertz CT molecular complexity index is 791. The number of ether oxygens (including phenoxy) is 2. The van der Waals surface area contributed by atoms with Crippen molar-refractivity contribution in [3.05, 3.63) is 65.7 Å². The van der Waals surface area contributed by atoms with E-state index in [-0.39, 0.29) is 17.7 Å². The van der Waals surface area contributed by atoms with Crippen molar-refractivity contribution in [2.45, 2.75) is 32.9 Å². The van der Waals surface area contributed by atoms with Gasteiger partial charge in [-0.15, -0.1) is 0 Å². The van der Waals surface area contributed by atoms with Crippen LogP contribution >= 0.6 is 0 Å². The van der Waals surface area contributed by atoms with Crippen LogP contribution in [0, 0.1) is 5.92 Å². The maximum absolute atomic E-state index is 13.1. The minimum Gasteiger partial charge on any atom is -0.497 e. The molecule has 0 spiro atoms. The summed E-state index contributed by atoms with van der Waals surface area (Å²) in [6.45, 7) is 4.86. The van der Waals surface area contributed by atoms with Gasteiger partial charge in [-0.2, -0.15) is 0 Å². The third kappa shape index (κ3) is 6.88. The van der Waals surface area contributed by atoms with Crippen LogP contribution in [0.25, 0.3) is 0 Å². The molecule has 0 aliphatic heterocycles. The Morgan fingerprint density at radius 1 is 0.967 bits per heavy atom. The summed E-state index contributed by atoms with van der Waals surface area (Å²) in [6.07, 6.45) is 0.439. The van der Waals surface area contributed by atoms with Crippen LogP contribution in [0.1, 0.15) is 25.0 Å². The summed E-state index contributed by atoms with van der Waals surface area (Å²) in [5.41, 5.74) is 1.94. The van der Waals surface area contributed by atoms with E-state index in [1.165, 1.54) is 0 Å². The molecule has 0 radical (unpaired) electrons. The summed E-state index contributed by atoms with van der Waals surface area (Å²) in [5, 5.41) is 2.90. The molecule has 0 unspecified atom stereocenters. The first kappa shape index (κ1) is 23.4. The smallest absolute Gasteiger partial charge is 0.243 e. The van der Waals surface area contributed by atoms with Crippen molar-refractivity contribution in [2.24, 2.45) is 5.92 Å². The Kier molecular flexibility index (Phi) is 9.35. The van der Waals surface area contributed by atoms with Crippen LogP contribution in [-0.4, -0.2) is 50.1 Å². The van der Waals surface area contributed by atoms with Crippen LogP contribution in [0.3, 0.4) is 0 Å². The number of carbonyl (C=O) groups is 2. The van der Waals surface area contributed by atoms with Gasteiger partial charge < -0.3 is 19.7 Å². The van der Waals surface area contributed by atoms with Gasteiger partial charge in [0.15, 0.2) is 0 Å². The lowest BCUT2D eigenvalue weighted by molar-refractivity contribution is -0.143. The standard InChI is InChI=1S/C24H32N2O4/c1-18(2)24(28)26(17-20-10-12-21(30-4)13-11-20)22(23(27)25-14-15-29-3)16-19-8-6-5-7-9-19/h5-13,18,22H,14-17H2,1-4H3,(H,25,27)/t22-/m0/s1. The zero-order valence-corrected chi connectivity index (χ0v) is 18.3. The number of methoxy groups -OCH3 is 2. The fourth-order valence-corrected chi connectivity index (χ4v) is 3.18. The monoisotopic (exact) mass is 412 g/mol. The number of amides is 2. The Balaban J connectivity index is 2.33. The highest BCUT2D eigenvalue weighted by Crippen LogP contribution is 2.19. The first-order valence-electron chi connectivity index (χ1n) is 10.2. The lowest BCUT2D eigenvalue weighted by Gasteiger charge is -2.32. The van der Waals surface area contributed by atoms with E-state index in [0.29, 0.717) is 26.1 Å². The van der Waals surface area contributed by atoms with E-state index in [2.05, 4.69) is 5.32 Å². The average molecular weight is 413 g/mol. The molecule has 0 saturated carbocycles. The van der Waals surface area contributed by atoms with E-state index in [9.17, 15) is 9.59 Å². The molecule has 0 fully saturated rings. The fourth-order valence-electron chi connectivity index (χ4n) is 3.18. The van der Waals surface area contributed by atoms with Gasteiger partial charge in [-0.05, 0) is 23.3 Å². The van der Waals surface area contributed by atoms with Crippen LogP contribution in [0.15, 0.2) is 54.6 Å². The summed E-state index contributed by atoms with van der Waals surface area (Å²) in [7, 11) is 3.20. The van der Waals surface area contributed by atoms with Gasteiger partial charge in [-0.25, -0.2) is 0 Å². The molecule has 6 heteroatoms. The van der Waals surface area contributed by atoms with Gasteiger partial charge in [0.2, 0.25) is 11.8 Å². The number of nitrogens with one attached hydrogen (secondary N) is 1. The van der Waals surface area contributed by atoms with Crippen LogP contribution in [0.5, 0.6) is 5.75 Å². The predicted molar refractivity (Wildman–Crippen MR) is 117 cm³/mol. The Morgan fingerprint density at radius 3 is 2.20 bits per heavy atom. The molecule has 162 valence electrons. The quantitative estimate of drug-likeness (QED) is 0.576. The minimum absolute atomic E-state index is 0.0614. The molecule has 1 atom stereocenters. The molecule has 0 aromatic heterocycles. The van der Waals surface area contributed by atoms with Crippen molar-refractivity contribution < 1.29 is 19.1 Å². The number of benzene rings is 2. The molecule has 2 amide bonds. The van der Waals surface area contributed by atoms with Crippen molar-refractivity contribution in [1.82, 2.24) is 10.2 Å². The number of nitrogens with zero attached hydrogens (tertiary/aromatic N) is 1. The van der Waals surface area contributed by atoms with Gasteiger partial charge in [0.1, 0.15) is 11.8 Å². The van der Waals surface area contributed by atoms with E-state index < -0.39 is 6.04 Å². The second kappa shape index (κ2) is 12.0. The summed E-state index contributed by atoms with van der Waals surface area (Å²) in [4.78, 5) is 27.9. The molecule has 2 aromatic rings. The molecule has 0 heterocycles. The SMILES string of the molecule is COCCNC(=O)[C@H](Cc1ccccc1)N(Cc1ccc(OC)cc1)C(=O)C(C)C. The maximum atomic E-state index is 13.1. The summed E-state index contributed by atoms with van der Waals surface area (Å²) in [6, 6.07) is 16.7. The molecule has 0 aliphatic carbocycles. The highest BCUT2D eigenvalue weighted by Gasteiger charge is 2.31. The Labute approximate surface area is 179 Å². The molecule has 30 heavy (non-hydrogen) atoms. The minimum atomic E-state index is -0.624. The molecule has 0 bridgehead atoms. The summed E-state index contributed by atoms with van der Waals surface area (Å²) in [5.74, 6) is 0.277. The topological polar surface area (TPSA) is 67.9 Å². The molecule has 6 nitrogen and oxygen atoms in total. The van der Waals surface area contributed by atoms with Crippen molar-refractivity contribution in [3.8, 4) is 5.75 Å². The first-order valence-corrected chi connectivity index (χ1v) is 10.2. The second-order valence-electron chi connectivity index (χ2n) is 7.46. The number of hydrogen-bond donors (Lipinski definition) is 1. The van der Waals surface area contributed by atoms with Gasteiger partial charge in [-0.3, -0.25) is 9.59 Å². The van der Waals surface area contributed by atoms with Crippen molar-refractivity contribution in [2.75, 3.05) is 27.4 Å². The number of rotatable bonds is 11. The molecule has 2 aromatic carbocycles. The van der Waals surface area contributed by atoms with Crippen molar-refractivity contribution in [3.63, 3.8) is 0 Å². The second-order valence-corrected chi connectivity index (χ2v) is 7.46. The first-order chi connectivity index (χ1) is 14.5. The number of hydrogen-bond acceptors (Lipinski definition) is 4. The zero-order chi connectivity index (χ0) is 21.9. The Morgan fingerprint density at radius 2 is 1.63 bits per heavy atom. The highest BCUT2D eigenvalue weighted by atomic mass is 16.5. The lowest BCUT2D eigenvalue weighted by atomic mass is 10.0. The van der Waals surface area contributed by atoms with Gasteiger partial charge >= 0.3 is 0 Å². The molecular formula is C24H32N2O4. The molecule has 0 aliphatic rings. The van der Waals surface area contributed by atoms with Crippen LogP contribution in [0.2, 0.25) is 0 Å². The highest BCUT2D eigenvalue weighted by molar-refractivity contribution is 5.88. The maximum Gasteiger partial charge on any atom is 0.243 e. The van der Waals surface area contributed by atoms with E-state index >= 15 is 0 Å². The molecule has 1 N–H and O–H groups in total. The van der Waals surface area contributed by atoms with Gasteiger partial charge in [-0.1, -0.05) is 56.3 Å². The fraction of sp³-hybridized carbons (Fsp3) is 0.417. The molecular weight excluding hydrogens is 380 g/mol. The van der Waals surface area contributed by atoms with E-state index in [4.69, 9.17) is 9.47 Å². The largest absolute Gasteiger partial charge is 0.497 e. The van der Waals surface area contributed by atoms with E-state index in [0.717, 1.165) is 16.9 Å². The van der Waals surface area contributed by atoms with Gasteiger partial charge in [0.25, 0.3) is 0 Å². The van der Waals surface area contributed by atoms with E-state index in [1.807, 2.05) is 68.4 Å².